The SMILES string of the molecule is O=[N+]([O-])c1ccc(O[C@@H]2O[C@H](CO)[C@@H](S[C@H]3O[C@H](CO)[C@@H](O)[C@H](O)[C@H]3O)[C@H](O)[C@H]2O)cc1. The number of benzene rings is 1. The first-order valence-corrected chi connectivity index (χ1v) is 10.6. The lowest BCUT2D eigenvalue weighted by molar-refractivity contribution is -0.384. The van der Waals surface area contributed by atoms with E-state index >= 15 is 0 Å². The largest absolute Gasteiger partial charge is 0.462 e. The molecular formula is C18H25NO12S. The Morgan fingerprint density at radius 1 is 0.875 bits per heavy atom. The summed E-state index contributed by atoms with van der Waals surface area (Å²) in [6.45, 7) is -1.25. The van der Waals surface area contributed by atoms with E-state index < -0.39 is 77.8 Å². The normalized spacial score (nSPS) is 40.1. The molecule has 2 fully saturated rings. The van der Waals surface area contributed by atoms with Gasteiger partial charge in [-0.15, -0.1) is 11.8 Å². The second-order valence-corrected chi connectivity index (χ2v) is 8.65. The molecule has 2 aliphatic rings. The second kappa shape index (κ2) is 10.6. The van der Waals surface area contributed by atoms with Crippen molar-refractivity contribution in [1.29, 1.82) is 0 Å². The van der Waals surface area contributed by atoms with Gasteiger partial charge in [0.05, 0.1) is 29.5 Å². The molecular weight excluding hydrogens is 454 g/mol. The van der Waals surface area contributed by atoms with E-state index in [9.17, 15) is 45.9 Å². The van der Waals surface area contributed by atoms with Gasteiger partial charge in [0.15, 0.2) is 0 Å². The molecule has 0 aliphatic carbocycles. The predicted octanol–water partition coefficient (Wildman–Crippen LogP) is -2.69. The smallest absolute Gasteiger partial charge is 0.269 e. The summed E-state index contributed by atoms with van der Waals surface area (Å²) < 4.78 is 16.4. The van der Waals surface area contributed by atoms with Crippen molar-refractivity contribution in [2.75, 3.05) is 13.2 Å². The van der Waals surface area contributed by atoms with E-state index in [1.165, 1.54) is 24.3 Å². The molecule has 1 aromatic rings. The van der Waals surface area contributed by atoms with Gasteiger partial charge in [-0.1, -0.05) is 0 Å². The Kier molecular flexibility index (Phi) is 8.26. The minimum Gasteiger partial charge on any atom is -0.462 e. The van der Waals surface area contributed by atoms with Crippen LogP contribution < -0.4 is 4.74 Å². The van der Waals surface area contributed by atoms with Crippen LogP contribution in [0.3, 0.4) is 0 Å². The van der Waals surface area contributed by atoms with Crippen molar-refractivity contribution >= 4 is 17.4 Å². The minimum atomic E-state index is -1.63. The van der Waals surface area contributed by atoms with Crippen molar-refractivity contribution in [2.24, 2.45) is 0 Å². The summed E-state index contributed by atoms with van der Waals surface area (Å²) in [5.74, 6) is 0.114. The van der Waals surface area contributed by atoms with Crippen molar-refractivity contribution in [3.63, 3.8) is 0 Å². The number of rotatable bonds is 7. The third kappa shape index (κ3) is 5.14. The molecule has 1 aromatic carbocycles. The first-order valence-electron chi connectivity index (χ1n) is 9.67. The molecule has 0 bridgehead atoms. The van der Waals surface area contributed by atoms with Crippen LogP contribution in [0.1, 0.15) is 0 Å². The van der Waals surface area contributed by atoms with Crippen LogP contribution in [0.2, 0.25) is 0 Å². The number of non-ortho nitro benzene ring substituents is 1. The van der Waals surface area contributed by atoms with Crippen LogP contribution in [0.15, 0.2) is 24.3 Å². The molecule has 0 unspecified atom stereocenters. The summed E-state index contributed by atoms with van der Waals surface area (Å²) in [6.07, 6.45) is -11.6. The third-order valence-electron chi connectivity index (χ3n) is 5.26. The molecule has 2 aliphatic heterocycles. The Morgan fingerprint density at radius 2 is 1.50 bits per heavy atom. The maximum Gasteiger partial charge on any atom is 0.269 e. The summed E-state index contributed by atoms with van der Waals surface area (Å²) in [5, 5.41) is 79.9. The van der Waals surface area contributed by atoms with E-state index in [4.69, 9.17) is 14.2 Å². The Bertz CT molecular complexity index is 765. The van der Waals surface area contributed by atoms with Crippen molar-refractivity contribution in [3.05, 3.63) is 34.4 Å². The first-order chi connectivity index (χ1) is 15.2. The Labute approximate surface area is 185 Å². The number of ether oxygens (including phenoxy) is 3. The highest BCUT2D eigenvalue weighted by molar-refractivity contribution is 8.00. The number of hydrogen-bond acceptors (Lipinski definition) is 13. The fraction of sp³-hybridized carbons (Fsp3) is 0.667. The van der Waals surface area contributed by atoms with E-state index in [-0.39, 0.29) is 11.4 Å². The van der Waals surface area contributed by atoms with Gasteiger partial charge >= 0.3 is 0 Å². The molecule has 7 N–H and O–H groups in total. The van der Waals surface area contributed by atoms with E-state index in [1.54, 1.807) is 0 Å². The molecule has 0 amide bonds. The summed E-state index contributed by atoms with van der Waals surface area (Å²) in [7, 11) is 0. The van der Waals surface area contributed by atoms with Gasteiger partial charge in [-0.05, 0) is 12.1 Å². The molecule has 32 heavy (non-hydrogen) atoms. The molecule has 180 valence electrons. The summed E-state index contributed by atoms with van der Waals surface area (Å²) in [5.41, 5.74) is -1.39. The number of aliphatic hydroxyl groups excluding tert-OH is 7. The third-order valence-corrected chi connectivity index (χ3v) is 6.82. The quantitative estimate of drug-likeness (QED) is 0.157. The molecule has 2 saturated heterocycles. The minimum absolute atomic E-state index is 0.114. The van der Waals surface area contributed by atoms with Crippen LogP contribution in [0, 0.1) is 10.1 Å². The second-order valence-electron chi connectivity index (χ2n) is 7.37. The average Bonchev–Trinajstić information content (AvgIpc) is 2.79. The van der Waals surface area contributed by atoms with Gasteiger partial charge in [-0.3, -0.25) is 10.1 Å². The highest BCUT2D eigenvalue weighted by Gasteiger charge is 2.50. The van der Waals surface area contributed by atoms with E-state index in [0.29, 0.717) is 0 Å². The van der Waals surface area contributed by atoms with Gasteiger partial charge < -0.3 is 50.0 Å². The van der Waals surface area contributed by atoms with Gasteiger partial charge in [0, 0.05) is 12.1 Å². The van der Waals surface area contributed by atoms with E-state index in [0.717, 1.165) is 11.8 Å². The summed E-state index contributed by atoms with van der Waals surface area (Å²) in [4.78, 5) is 10.2. The topological polar surface area (TPSA) is 212 Å². The van der Waals surface area contributed by atoms with E-state index in [2.05, 4.69) is 0 Å². The van der Waals surface area contributed by atoms with Gasteiger partial charge in [0.2, 0.25) is 6.29 Å². The Balaban J connectivity index is 1.70. The highest BCUT2D eigenvalue weighted by Crippen LogP contribution is 2.38. The molecule has 0 aromatic heterocycles. The number of hydrogen-bond donors (Lipinski definition) is 7. The van der Waals surface area contributed by atoms with Gasteiger partial charge in [0.25, 0.3) is 5.69 Å². The number of nitrogens with zero attached hydrogens (tertiary/aromatic N) is 1. The maximum atomic E-state index is 10.7. The van der Waals surface area contributed by atoms with Gasteiger partial charge in [-0.25, -0.2) is 0 Å². The number of nitro benzene ring substituents is 1. The van der Waals surface area contributed by atoms with Crippen LogP contribution in [0.4, 0.5) is 5.69 Å². The van der Waals surface area contributed by atoms with Gasteiger partial charge in [0.1, 0.15) is 47.8 Å². The van der Waals surface area contributed by atoms with E-state index in [1.807, 2.05) is 0 Å². The van der Waals surface area contributed by atoms with Crippen molar-refractivity contribution in [2.45, 2.75) is 59.7 Å². The van der Waals surface area contributed by atoms with Crippen LogP contribution in [0.25, 0.3) is 0 Å². The predicted molar refractivity (Wildman–Crippen MR) is 107 cm³/mol. The number of aliphatic hydroxyl groups is 7. The molecule has 0 spiro atoms. The first kappa shape index (κ1) is 25.0. The molecule has 0 radical (unpaired) electrons. The van der Waals surface area contributed by atoms with Crippen LogP contribution >= 0.6 is 11.8 Å². The number of thioether (sulfide) groups is 1. The average molecular weight is 479 g/mol. The maximum absolute atomic E-state index is 10.7. The zero-order valence-corrected chi connectivity index (χ0v) is 17.3. The Morgan fingerprint density at radius 3 is 2.06 bits per heavy atom. The Hall–Kier alpha value is -1.59. The zero-order chi connectivity index (χ0) is 23.6. The van der Waals surface area contributed by atoms with Crippen LogP contribution in [-0.4, -0.2) is 114 Å². The molecule has 14 heteroatoms. The molecule has 2 heterocycles. The van der Waals surface area contributed by atoms with Crippen molar-refractivity contribution in [1.82, 2.24) is 0 Å². The van der Waals surface area contributed by atoms with Crippen molar-refractivity contribution in [3.8, 4) is 5.75 Å². The summed E-state index contributed by atoms with van der Waals surface area (Å²) in [6, 6.07) is 4.93. The zero-order valence-electron chi connectivity index (χ0n) is 16.5. The number of nitro groups is 1. The van der Waals surface area contributed by atoms with Crippen molar-refractivity contribution < 1.29 is 54.9 Å². The molecule has 3 rings (SSSR count). The lowest BCUT2D eigenvalue weighted by Crippen LogP contribution is -2.62. The monoisotopic (exact) mass is 479 g/mol. The standard InChI is InChI=1S/C18H25NO12S/c20-5-9-11(22)12(23)15(26)18(31-9)32-16-10(6-21)30-17(14(25)13(16)24)29-8-3-1-7(2-4-8)19(27)28/h1-4,9-18,20-26H,5-6H2/t9-,10-,11-,12+,13-,14-,15-,16-,17-,18-/m1/s1. The van der Waals surface area contributed by atoms with Gasteiger partial charge in [-0.2, -0.15) is 0 Å². The fourth-order valence-corrected chi connectivity index (χ4v) is 4.92. The molecule has 13 nitrogen and oxygen atoms in total. The fourth-order valence-electron chi connectivity index (χ4n) is 3.43. The molecule has 10 atom stereocenters. The highest BCUT2D eigenvalue weighted by atomic mass is 32.2. The lowest BCUT2D eigenvalue weighted by atomic mass is 10.0. The van der Waals surface area contributed by atoms with Crippen LogP contribution in [0.5, 0.6) is 5.75 Å². The molecule has 0 saturated carbocycles. The lowest BCUT2D eigenvalue weighted by Gasteiger charge is -2.45. The van der Waals surface area contributed by atoms with Crippen LogP contribution in [-0.2, 0) is 9.47 Å². The summed E-state index contributed by atoms with van der Waals surface area (Å²) >= 11 is 0.753.